The van der Waals surface area contributed by atoms with Crippen LogP contribution in [0, 0.1) is 11.6 Å². The zero-order chi connectivity index (χ0) is 16.6. The van der Waals surface area contributed by atoms with Crippen LogP contribution in [-0.4, -0.2) is 8.42 Å². The number of nitrogen functional groups attached to an aromatic ring is 1. The highest BCUT2D eigenvalue weighted by molar-refractivity contribution is 7.89. The molecule has 0 fully saturated rings. The van der Waals surface area contributed by atoms with Crippen LogP contribution < -0.4 is 10.5 Å². The summed E-state index contributed by atoms with van der Waals surface area (Å²) in [5, 5.41) is 0. The smallest absolute Gasteiger partial charge is 0.246 e. The molecule has 2 aromatic rings. The molecule has 0 spiro atoms. The van der Waals surface area contributed by atoms with Gasteiger partial charge in [-0.05, 0) is 54.7 Å². The second-order valence-electron chi connectivity index (χ2n) is 5.58. The van der Waals surface area contributed by atoms with Gasteiger partial charge in [-0.2, -0.15) is 0 Å². The normalized spacial score (nSPS) is 17.0. The van der Waals surface area contributed by atoms with E-state index in [-0.39, 0.29) is 12.4 Å². The third-order valence-corrected chi connectivity index (χ3v) is 5.49. The third-order valence-electron chi connectivity index (χ3n) is 3.97. The Hall–Kier alpha value is -1.70. The first-order chi connectivity index (χ1) is 10.9. The van der Waals surface area contributed by atoms with Crippen LogP contribution in [0.3, 0.4) is 0 Å². The Morgan fingerprint density at radius 1 is 1.12 bits per heavy atom. The zero-order valence-electron chi connectivity index (χ0n) is 12.6. The lowest BCUT2D eigenvalue weighted by Gasteiger charge is -2.26. The van der Waals surface area contributed by atoms with E-state index in [1.54, 1.807) is 18.2 Å². The van der Waals surface area contributed by atoms with Crippen molar-refractivity contribution in [3.05, 3.63) is 59.2 Å². The molecule has 0 aliphatic heterocycles. The van der Waals surface area contributed by atoms with Gasteiger partial charge in [-0.25, -0.2) is 21.9 Å². The monoisotopic (exact) mass is 374 g/mol. The average molecular weight is 375 g/mol. The van der Waals surface area contributed by atoms with Crippen LogP contribution in [0.4, 0.5) is 14.5 Å². The predicted octanol–water partition coefficient (Wildman–Crippen LogP) is 3.32. The Balaban J connectivity index is 0.00000208. The summed E-state index contributed by atoms with van der Waals surface area (Å²) < 4.78 is 54.8. The van der Waals surface area contributed by atoms with Gasteiger partial charge in [-0.3, -0.25) is 0 Å². The van der Waals surface area contributed by atoms with Crippen LogP contribution in [0.5, 0.6) is 0 Å². The van der Waals surface area contributed by atoms with Crippen molar-refractivity contribution in [1.82, 2.24) is 4.72 Å². The van der Waals surface area contributed by atoms with E-state index in [4.69, 9.17) is 5.73 Å². The van der Waals surface area contributed by atoms with Crippen LogP contribution in [0.1, 0.15) is 30.0 Å². The van der Waals surface area contributed by atoms with Crippen LogP contribution in [0.25, 0.3) is 0 Å². The Morgan fingerprint density at radius 2 is 1.79 bits per heavy atom. The standard InChI is InChI=1S/C16H16F2N2O2S.ClH/c17-13-4-2-5-14(18)16(13)23(21,22)20-15-6-1-3-10-9-11(19)7-8-12(10)15;/h2,4-5,7-9,15,20H,1,3,6,19H2;1H. The number of hydrogen-bond donors (Lipinski definition) is 2. The molecule has 1 unspecified atom stereocenters. The number of fused-ring (bicyclic) bond motifs is 1. The number of sulfonamides is 1. The van der Waals surface area contributed by atoms with Gasteiger partial charge in [0.2, 0.25) is 10.0 Å². The molecule has 0 radical (unpaired) electrons. The number of hydrogen-bond acceptors (Lipinski definition) is 3. The van der Waals surface area contributed by atoms with Gasteiger partial charge in [0.25, 0.3) is 0 Å². The summed E-state index contributed by atoms with van der Waals surface area (Å²) in [5.74, 6) is -2.21. The molecule has 0 amide bonds. The van der Waals surface area contributed by atoms with Crippen molar-refractivity contribution < 1.29 is 17.2 Å². The van der Waals surface area contributed by atoms with Crippen molar-refractivity contribution >= 4 is 28.1 Å². The Kier molecular flexibility index (Phi) is 5.47. The predicted molar refractivity (Wildman–Crippen MR) is 90.5 cm³/mol. The second kappa shape index (κ2) is 7.04. The van der Waals surface area contributed by atoms with E-state index in [2.05, 4.69) is 4.72 Å². The number of anilines is 1. The molecule has 130 valence electrons. The lowest BCUT2D eigenvalue weighted by atomic mass is 9.88. The highest BCUT2D eigenvalue weighted by Crippen LogP contribution is 2.32. The minimum Gasteiger partial charge on any atom is -0.399 e. The molecular weight excluding hydrogens is 358 g/mol. The van der Waals surface area contributed by atoms with Gasteiger partial charge in [0.15, 0.2) is 4.90 Å². The summed E-state index contributed by atoms with van der Waals surface area (Å²) in [5.41, 5.74) is 8.11. The maximum absolute atomic E-state index is 13.8. The van der Waals surface area contributed by atoms with Crippen molar-refractivity contribution in [3.63, 3.8) is 0 Å². The Labute approximate surface area is 145 Å². The van der Waals surface area contributed by atoms with Crippen LogP contribution in [0.15, 0.2) is 41.3 Å². The maximum Gasteiger partial charge on any atom is 0.246 e. The summed E-state index contributed by atoms with van der Waals surface area (Å²) in [7, 11) is -4.31. The highest BCUT2D eigenvalue weighted by atomic mass is 35.5. The van der Waals surface area contributed by atoms with Crippen LogP contribution in [-0.2, 0) is 16.4 Å². The van der Waals surface area contributed by atoms with Crippen LogP contribution in [0.2, 0.25) is 0 Å². The lowest BCUT2D eigenvalue weighted by Crippen LogP contribution is -2.32. The van der Waals surface area contributed by atoms with E-state index in [9.17, 15) is 17.2 Å². The molecule has 0 heterocycles. The molecule has 0 bridgehead atoms. The molecule has 4 nitrogen and oxygen atoms in total. The topological polar surface area (TPSA) is 72.2 Å². The van der Waals surface area contributed by atoms with E-state index in [0.717, 1.165) is 42.2 Å². The first-order valence-electron chi connectivity index (χ1n) is 7.23. The van der Waals surface area contributed by atoms with Gasteiger partial charge in [0.05, 0.1) is 0 Å². The van der Waals surface area contributed by atoms with Crippen molar-refractivity contribution in [1.29, 1.82) is 0 Å². The first-order valence-corrected chi connectivity index (χ1v) is 8.71. The number of halogens is 3. The number of nitrogens with two attached hydrogens (primary N) is 1. The average Bonchev–Trinajstić information content (AvgIpc) is 2.46. The molecule has 3 N–H and O–H groups in total. The van der Waals surface area contributed by atoms with Crippen molar-refractivity contribution in [2.75, 3.05) is 5.73 Å². The molecule has 1 atom stereocenters. The van der Waals surface area contributed by atoms with E-state index in [1.807, 2.05) is 0 Å². The van der Waals surface area contributed by atoms with Gasteiger partial charge >= 0.3 is 0 Å². The molecule has 24 heavy (non-hydrogen) atoms. The number of nitrogens with one attached hydrogen (secondary N) is 1. The van der Waals surface area contributed by atoms with E-state index in [1.165, 1.54) is 0 Å². The summed E-state index contributed by atoms with van der Waals surface area (Å²) in [6, 6.07) is 7.70. The van der Waals surface area contributed by atoms with Crippen molar-refractivity contribution in [3.8, 4) is 0 Å². The molecule has 2 aromatic carbocycles. The summed E-state index contributed by atoms with van der Waals surface area (Å²) in [6.07, 6.45) is 2.13. The quantitative estimate of drug-likeness (QED) is 0.809. The maximum atomic E-state index is 13.8. The van der Waals surface area contributed by atoms with Gasteiger partial charge in [-0.1, -0.05) is 12.1 Å². The lowest BCUT2D eigenvalue weighted by molar-refractivity contribution is 0.487. The van der Waals surface area contributed by atoms with Gasteiger partial charge < -0.3 is 5.73 Å². The number of benzene rings is 2. The number of aryl methyl sites for hydroxylation is 1. The Morgan fingerprint density at radius 3 is 2.46 bits per heavy atom. The zero-order valence-corrected chi connectivity index (χ0v) is 14.3. The minimum absolute atomic E-state index is 0. The van der Waals surface area contributed by atoms with Gasteiger partial charge in [-0.15, -0.1) is 12.4 Å². The van der Waals surface area contributed by atoms with Gasteiger partial charge in [0.1, 0.15) is 11.6 Å². The molecule has 0 saturated heterocycles. The van der Waals surface area contributed by atoms with Crippen molar-refractivity contribution in [2.24, 2.45) is 0 Å². The SMILES string of the molecule is Cl.Nc1ccc2c(c1)CCCC2NS(=O)(=O)c1c(F)cccc1F. The minimum atomic E-state index is -4.31. The molecule has 8 heteroatoms. The molecule has 0 saturated carbocycles. The van der Waals surface area contributed by atoms with Crippen LogP contribution >= 0.6 is 12.4 Å². The third kappa shape index (κ3) is 3.53. The summed E-state index contributed by atoms with van der Waals surface area (Å²) in [6.45, 7) is 0. The molecule has 0 aromatic heterocycles. The molecule has 3 rings (SSSR count). The van der Waals surface area contributed by atoms with E-state index >= 15 is 0 Å². The molecular formula is C16H17ClF2N2O2S. The molecule has 1 aliphatic carbocycles. The van der Waals surface area contributed by atoms with Crippen molar-refractivity contribution in [2.45, 2.75) is 30.2 Å². The molecule has 1 aliphatic rings. The van der Waals surface area contributed by atoms with E-state index < -0.39 is 32.6 Å². The summed E-state index contributed by atoms with van der Waals surface area (Å²) >= 11 is 0. The highest BCUT2D eigenvalue weighted by Gasteiger charge is 2.29. The van der Waals surface area contributed by atoms with E-state index in [0.29, 0.717) is 12.1 Å². The summed E-state index contributed by atoms with van der Waals surface area (Å²) in [4.78, 5) is -0.942. The fourth-order valence-corrected chi connectivity index (χ4v) is 4.33. The largest absolute Gasteiger partial charge is 0.399 e. The fourth-order valence-electron chi connectivity index (χ4n) is 2.94. The second-order valence-corrected chi connectivity index (χ2v) is 7.23. The first kappa shape index (κ1) is 18.6. The fraction of sp³-hybridized carbons (Fsp3) is 0.250. The Bertz CT molecular complexity index is 839. The van der Waals surface area contributed by atoms with Gasteiger partial charge in [0, 0.05) is 11.7 Å². The number of rotatable bonds is 3.